The van der Waals surface area contributed by atoms with E-state index in [1.807, 2.05) is 0 Å². The van der Waals surface area contributed by atoms with Crippen LogP contribution in [0.5, 0.6) is 0 Å². The summed E-state index contributed by atoms with van der Waals surface area (Å²) in [6.45, 7) is 0. The first-order valence-corrected chi connectivity index (χ1v) is 6.25. The first-order valence-electron chi connectivity index (χ1n) is 5.46. The van der Waals surface area contributed by atoms with Gasteiger partial charge in [0.15, 0.2) is 0 Å². The van der Waals surface area contributed by atoms with Gasteiger partial charge in [-0.1, -0.05) is 40.9 Å². The van der Waals surface area contributed by atoms with E-state index in [0.717, 1.165) is 10.9 Å². The Morgan fingerprint density at radius 1 is 1.13 bits per heavy atom. The molecule has 1 nitrogen and oxygen atoms in total. The van der Waals surface area contributed by atoms with Crippen LogP contribution in [0.2, 0.25) is 0 Å². The third-order valence-corrected chi connectivity index (χ3v) is 3.76. The Labute approximate surface area is 99.2 Å². The molecule has 2 atom stereocenters. The molecule has 1 saturated carbocycles. The Kier molecular flexibility index (Phi) is 3.43. The zero-order chi connectivity index (χ0) is 10.7. The van der Waals surface area contributed by atoms with Crippen LogP contribution in [0.25, 0.3) is 0 Å². The fourth-order valence-corrected chi connectivity index (χ4v) is 2.66. The zero-order valence-corrected chi connectivity index (χ0v) is 10.2. The van der Waals surface area contributed by atoms with Gasteiger partial charge in [0.25, 0.3) is 0 Å². The molecule has 0 spiro atoms. The van der Waals surface area contributed by atoms with Gasteiger partial charge in [-0.3, -0.25) is 0 Å². The number of rotatable bonds is 1. The first-order chi connectivity index (χ1) is 7.31. The van der Waals surface area contributed by atoms with Crippen LogP contribution in [0.3, 0.4) is 0 Å². The van der Waals surface area contributed by atoms with Gasteiger partial charge in [0.2, 0.25) is 0 Å². The van der Waals surface area contributed by atoms with Crippen molar-refractivity contribution in [2.75, 3.05) is 0 Å². The van der Waals surface area contributed by atoms with E-state index in [1.54, 1.807) is 0 Å². The minimum absolute atomic E-state index is 0.222. The Morgan fingerprint density at radius 2 is 1.80 bits per heavy atom. The topological polar surface area (TPSA) is 23.8 Å². The number of hydrogen-bond acceptors (Lipinski definition) is 1. The molecule has 0 aromatic heterocycles. The van der Waals surface area contributed by atoms with Crippen LogP contribution >= 0.6 is 15.9 Å². The van der Waals surface area contributed by atoms with Crippen LogP contribution in [-0.4, -0.2) is 0 Å². The molecule has 1 aliphatic rings. The molecule has 15 heavy (non-hydrogen) atoms. The van der Waals surface area contributed by atoms with Crippen molar-refractivity contribution < 1.29 is 0 Å². The summed E-state index contributed by atoms with van der Waals surface area (Å²) in [4.78, 5) is 0. The molecular formula is C13H14BrN. The molecule has 0 aliphatic heterocycles. The van der Waals surface area contributed by atoms with E-state index >= 15 is 0 Å². The summed E-state index contributed by atoms with van der Waals surface area (Å²) in [5.74, 6) is 0.678. The van der Waals surface area contributed by atoms with Crippen molar-refractivity contribution in [3.05, 3.63) is 34.3 Å². The van der Waals surface area contributed by atoms with Gasteiger partial charge in [-0.2, -0.15) is 5.26 Å². The van der Waals surface area contributed by atoms with E-state index in [-0.39, 0.29) is 5.92 Å². The molecule has 0 heterocycles. The van der Waals surface area contributed by atoms with Crippen LogP contribution in [-0.2, 0) is 0 Å². The first kappa shape index (κ1) is 10.7. The number of nitrogens with zero attached hydrogens (tertiary/aromatic N) is 1. The lowest BCUT2D eigenvalue weighted by atomic mass is 9.76. The largest absolute Gasteiger partial charge is 0.198 e. The fourth-order valence-electron chi connectivity index (χ4n) is 2.39. The van der Waals surface area contributed by atoms with Crippen molar-refractivity contribution in [1.82, 2.24) is 0 Å². The zero-order valence-electron chi connectivity index (χ0n) is 8.62. The normalized spacial score (nSPS) is 25.9. The molecule has 0 saturated heterocycles. The smallest absolute Gasteiger partial charge is 0.0662 e. The van der Waals surface area contributed by atoms with E-state index in [2.05, 4.69) is 46.3 Å². The van der Waals surface area contributed by atoms with Gasteiger partial charge in [0.1, 0.15) is 0 Å². The Balaban J connectivity index is 2.21. The van der Waals surface area contributed by atoms with Crippen molar-refractivity contribution in [3.8, 4) is 6.07 Å². The van der Waals surface area contributed by atoms with Gasteiger partial charge in [-0.15, -0.1) is 0 Å². The lowest BCUT2D eigenvalue weighted by Gasteiger charge is -2.27. The number of hydrogen-bond donors (Lipinski definition) is 0. The van der Waals surface area contributed by atoms with Crippen molar-refractivity contribution >= 4 is 15.9 Å². The maximum absolute atomic E-state index is 9.12. The molecule has 0 radical (unpaired) electrons. The maximum Gasteiger partial charge on any atom is 0.0662 e. The minimum atomic E-state index is 0.222. The quantitative estimate of drug-likeness (QED) is 0.744. The Hall–Kier alpha value is -0.810. The van der Waals surface area contributed by atoms with Gasteiger partial charge in [-0.05, 0) is 36.5 Å². The minimum Gasteiger partial charge on any atom is -0.198 e. The summed E-state index contributed by atoms with van der Waals surface area (Å²) in [5.41, 5.74) is 1.32. The maximum atomic E-state index is 9.12. The van der Waals surface area contributed by atoms with E-state index in [4.69, 9.17) is 5.26 Å². The van der Waals surface area contributed by atoms with Gasteiger partial charge in [-0.25, -0.2) is 0 Å². The van der Waals surface area contributed by atoms with Crippen LogP contribution in [0.4, 0.5) is 0 Å². The summed E-state index contributed by atoms with van der Waals surface area (Å²) in [5, 5.41) is 9.12. The summed E-state index contributed by atoms with van der Waals surface area (Å²) >= 11 is 3.44. The summed E-state index contributed by atoms with van der Waals surface area (Å²) < 4.78 is 1.11. The van der Waals surface area contributed by atoms with Gasteiger partial charge in [0, 0.05) is 4.47 Å². The van der Waals surface area contributed by atoms with Crippen molar-refractivity contribution in [2.45, 2.75) is 31.6 Å². The molecule has 78 valence electrons. The number of halogens is 1. The molecule has 2 unspecified atom stereocenters. The van der Waals surface area contributed by atoms with Crippen LogP contribution in [0.15, 0.2) is 28.7 Å². The second kappa shape index (κ2) is 4.81. The average molecular weight is 264 g/mol. The summed E-state index contributed by atoms with van der Waals surface area (Å²) in [6, 6.07) is 10.9. The fraction of sp³-hybridized carbons (Fsp3) is 0.462. The highest BCUT2D eigenvalue weighted by molar-refractivity contribution is 9.10. The third-order valence-electron chi connectivity index (χ3n) is 3.23. The Bertz CT molecular complexity index is 363. The highest BCUT2D eigenvalue weighted by Gasteiger charge is 2.25. The molecule has 0 amide bonds. The molecule has 2 rings (SSSR count). The van der Waals surface area contributed by atoms with E-state index < -0.39 is 0 Å². The number of benzene rings is 1. The molecule has 1 aliphatic carbocycles. The predicted octanol–water partition coefficient (Wildman–Crippen LogP) is 4.25. The molecule has 1 aromatic carbocycles. The van der Waals surface area contributed by atoms with Crippen molar-refractivity contribution in [3.63, 3.8) is 0 Å². The highest BCUT2D eigenvalue weighted by atomic mass is 79.9. The van der Waals surface area contributed by atoms with E-state index in [0.29, 0.717) is 5.92 Å². The van der Waals surface area contributed by atoms with Gasteiger partial charge < -0.3 is 0 Å². The van der Waals surface area contributed by atoms with Gasteiger partial charge >= 0.3 is 0 Å². The lowest BCUT2D eigenvalue weighted by Crippen LogP contribution is -2.16. The molecule has 1 fully saturated rings. The lowest BCUT2D eigenvalue weighted by molar-refractivity contribution is 0.369. The van der Waals surface area contributed by atoms with Crippen molar-refractivity contribution in [2.24, 2.45) is 5.92 Å². The van der Waals surface area contributed by atoms with Crippen LogP contribution < -0.4 is 0 Å². The number of nitriles is 1. The molecule has 1 aromatic rings. The standard InChI is InChI=1S/C13H14BrN/c14-12-7-5-10(6-8-12)13-4-2-1-3-11(13)9-15/h5-8,11,13H,1-4H2. The van der Waals surface area contributed by atoms with Crippen molar-refractivity contribution in [1.29, 1.82) is 5.26 Å². The van der Waals surface area contributed by atoms with Crippen LogP contribution in [0, 0.1) is 17.2 Å². The monoisotopic (exact) mass is 263 g/mol. The van der Waals surface area contributed by atoms with Crippen LogP contribution in [0.1, 0.15) is 37.2 Å². The van der Waals surface area contributed by atoms with E-state index in [1.165, 1.54) is 24.8 Å². The SMILES string of the molecule is N#CC1CCCCC1c1ccc(Br)cc1. The van der Waals surface area contributed by atoms with Gasteiger partial charge in [0.05, 0.1) is 12.0 Å². The molecule has 0 N–H and O–H groups in total. The average Bonchev–Trinajstić information content (AvgIpc) is 2.30. The Morgan fingerprint density at radius 3 is 2.47 bits per heavy atom. The summed E-state index contributed by atoms with van der Waals surface area (Å²) in [6.07, 6.45) is 4.71. The predicted molar refractivity (Wildman–Crippen MR) is 64.5 cm³/mol. The molecular weight excluding hydrogens is 250 g/mol. The third kappa shape index (κ3) is 2.41. The van der Waals surface area contributed by atoms with E-state index in [9.17, 15) is 0 Å². The second-order valence-electron chi connectivity index (χ2n) is 4.18. The second-order valence-corrected chi connectivity index (χ2v) is 5.09. The molecule has 2 heteroatoms. The summed E-state index contributed by atoms with van der Waals surface area (Å²) in [7, 11) is 0. The molecule has 0 bridgehead atoms. The highest BCUT2D eigenvalue weighted by Crippen LogP contribution is 2.37.